The lowest BCUT2D eigenvalue weighted by atomic mass is 10.1. The maximum absolute atomic E-state index is 12.0. The highest BCUT2D eigenvalue weighted by Gasteiger charge is 2.11. The van der Waals surface area contributed by atoms with Gasteiger partial charge in [-0.3, -0.25) is 4.79 Å². The molecule has 0 unspecified atom stereocenters. The molecular formula is C21H20ClNO4S. The van der Waals surface area contributed by atoms with Crippen LogP contribution in [-0.2, 0) is 4.79 Å². The molecule has 0 saturated heterocycles. The Kier molecular flexibility index (Phi) is 6.65. The molecule has 1 aromatic heterocycles. The van der Waals surface area contributed by atoms with Crippen molar-refractivity contribution in [3.05, 3.63) is 69.0 Å². The minimum Gasteiger partial charge on any atom is -0.483 e. The summed E-state index contributed by atoms with van der Waals surface area (Å²) in [6.07, 6.45) is 0. The largest absolute Gasteiger partial charge is 0.483 e. The highest BCUT2D eigenvalue weighted by molar-refractivity contribution is 7.99. The zero-order valence-electron chi connectivity index (χ0n) is 15.6. The quantitative estimate of drug-likeness (QED) is 0.351. The molecule has 0 atom stereocenters. The highest BCUT2D eigenvalue weighted by Crippen LogP contribution is 2.28. The molecule has 0 spiro atoms. The van der Waals surface area contributed by atoms with Gasteiger partial charge in [-0.15, -0.1) is 11.8 Å². The van der Waals surface area contributed by atoms with Gasteiger partial charge in [0.2, 0.25) is 0 Å². The van der Waals surface area contributed by atoms with E-state index >= 15 is 0 Å². The summed E-state index contributed by atoms with van der Waals surface area (Å²) in [5, 5.41) is 4.38. The number of amides is 1. The lowest BCUT2D eigenvalue weighted by Crippen LogP contribution is -2.30. The Labute approximate surface area is 172 Å². The van der Waals surface area contributed by atoms with Gasteiger partial charge in [0.05, 0.1) is 0 Å². The van der Waals surface area contributed by atoms with Crippen molar-refractivity contribution >= 4 is 40.2 Å². The molecule has 1 heterocycles. The summed E-state index contributed by atoms with van der Waals surface area (Å²) >= 11 is 7.49. The van der Waals surface area contributed by atoms with E-state index in [4.69, 9.17) is 20.8 Å². The summed E-state index contributed by atoms with van der Waals surface area (Å²) in [6, 6.07) is 12.6. The molecule has 0 radical (unpaired) electrons. The topological polar surface area (TPSA) is 68.5 Å². The summed E-state index contributed by atoms with van der Waals surface area (Å²) in [7, 11) is 0. The second-order valence-electron chi connectivity index (χ2n) is 6.25. The highest BCUT2D eigenvalue weighted by atomic mass is 35.5. The van der Waals surface area contributed by atoms with Gasteiger partial charge in [-0.1, -0.05) is 11.6 Å². The molecule has 0 bridgehead atoms. The van der Waals surface area contributed by atoms with E-state index in [1.54, 1.807) is 24.8 Å². The molecule has 0 fully saturated rings. The van der Waals surface area contributed by atoms with Crippen molar-refractivity contribution in [2.24, 2.45) is 0 Å². The fourth-order valence-corrected chi connectivity index (χ4v) is 3.64. The third-order valence-corrected chi connectivity index (χ3v) is 5.45. The van der Waals surface area contributed by atoms with Crippen molar-refractivity contribution < 1.29 is 13.9 Å². The standard InChI is InChI=1S/C21H20ClNO4S/c1-13-11-20(25)27-21-14(2)18(8-7-17(13)21)26-12-19(24)23-9-10-28-16-5-3-15(22)4-6-16/h3-8,11H,9-10,12H2,1-2H3,(H,23,24). The van der Waals surface area contributed by atoms with Gasteiger partial charge in [0.1, 0.15) is 11.3 Å². The Bertz CT molecular complexity index is 1050. The number of aryl methyl sites for hydroxylation is 2. The van der Waals surface area contributed by atoms with E-state index in [1.165, 1.54) is 6.07 Å². The molecule has 7 heteroatoms. The zero-order chi connectivity index (χ0) is 20.1. The van der Waals surface area contributed by atoms with E-state index in [1.807, 2.05) is 37.3 Å². The van der Waals surface area contributed by atoms with E-state index in [0.29, 0.717) is 28.5 Å². The van der Waals surface area contributed by atoms with Crippen molar-refractivity contribution in [3.8, 4) is 5.75 Å². The molecule has 1 N–H and O–H groups in total. The van der Waals surface area contributed by atoms with Crippen molar-refractivity contribution in [1.82, 2.24) is 5.32 Å². The number of benzene rings is 2. The third kappa shape index (κ3) is 5.09. The first-order valence-electron chi connectivity index (χ1n) is 8.76. The number of hydrogen-bond donors (Lipinski definition) is 1. The van der Waals surface area contributed by atoms with E-state index < -0.39 is 5.63 Å². The fraction of sp³-hybridized carbons (Fsp3) is 0.238. The minimum absolute atomic E-state index is 0.103. The molecule has 2 aromatic carbocycles. The summed E-state index contributed by atoms with van der Waals surface area (Å²) in [4.78, 5) is 24.7. The molecule has 146 valence electrons. The monoisotopic (exact) mass is 417 g/mol. The number of rotatable bonds is 7. The van der Waals surface area contributed by atoms with Crippen LogP contribution in [0.1, 0.15) is 11.1 Å². The Hall–Kier alpha value is -2.44. The minimum atomic E-state index is -0.402. The molecule has 3 aromatic rings. The molecule has 0 saturated carbocycles. The van der Waals surface area contributed by atoms with Crippen LogP contribution in [0, 0.1) is 13.8 Å². The number of fused-ring (bicyclic) bond motifs is 1. The van der Waals surface area contributed by atoms with Crippen LogP contribution in [0.15, 0.2) is 56.6 Å². The van der Waals surface area contributed by atoms with Gasteiger partial charge in [-0.25, -0.2) is 4.79 Å². The smallest absolute Gasteiger partial charge is 0.336 e. The summed E-state index contributed by atoms with van der Waals surface area (Å²) in [5.41, 5.74) is 1.63. The Balaban J connectivity index is 1.51. The SMILES string of the molecule is Cc1cc(=O)oc2c(C)c(OCC(=O)NCCSc3ccc(Cl)cc3)ccc12. The number of ether oxygens (including phenoxy) is 1. The van der Waals surface area contributed by atoms with Crippen molar-refractivity contribution in [2.45, 2.75) is 18.7 Å². The van der Waals surface area contributed by atoms with Crippen LogP contribution in [0.25, 0.3) is 11.0 Å². The molecule has 0 aliphatic carbocycles. The van der Waals surface area contributed by atoms with E-state index in [-0.39, 0.29) is 12.5 Å². The average Bonchev–Trinajstić information content (AvgIpc) is 2.66. The molecular weight excluding hydrogens is 398 g/mol. The summed E-state index contributed by atoms with van der Waals surface area (Å²) < 4.78 is 10.9. The van der Waals surface area contributed by atoms with Gasteiger partial charge in [-0.2, -0.15) is 0 Å². The maximum atomic E-state index is 12.0. The van der Waals surface area contributed by atoms with Gasteiger partial charge >= 0.3 is 5.63 Å². The molecule has 0 aliphatic rings. The van der Waals surface area contributed by atoms with Crippen LogP contribution in [0.5, 0.6) is 5.75 Å². The van der Waals surface area contributed by atoms with Crippen LogP contribution in [0.2, 0.25) is 5.02 Å². The van der Waals surface area contributed by atoms with Crippen molar-refractivity contribution in [1.29, 1.82) is 0 Å². The Morgan fingerprint density at radius 2 is 1.93 bits per heavy atom. The van der Waals surface area contributed by atoms with Gasteiger partial charge in [0, 0.05) is 39.2 Å². The molecule has 3 rings (SSSR count). The van der Waals surface area contributed by atoms with Crippen LogP contribution in [0.4, 0.5) is 0 Å². The second-order valence-corrected chi connectivity index (χ2v) is 7.86. The van der Waals surface area contributed by atoms with Gasteiger partial charge in [0.25, 0.3) is 5.91 Å². The first-order valence-corrected chi connectivity index (χ1v) is 10.1. The number of hydrogen-bond acceptors (Lipinski definition) is 5. The average molecular weight is 418 g/mol. The van der Waals surface area contributed by atoms with E-state index in [0.717, 1.165) is 21.6 Å². The number of carbonyl (C=O) groups is 1. The molecule has 0 aliphatic heterocycles. The predicted octanol–water partition coefficient (Wildman–Crippen LogP) is 4.35. The summed E-state index contributed by atoms with van der Waals surface area (Å²) in [5.74, 6) is 1.06. The van der Waals surface area contributed by atoms with E-state index in [9.17, 15) is 9.59 Å². The van der Waals surface area contributed by atoms with Crippen molar-refractivity contribution in [3.63, 3.8) is 0 Å². The Morgan fingerprint density at radius 3 is 2.68 bits per heavy atom. The van der Waals surface area contributed by atoms with Crippen molar-refractivity contribution in [2.75, 3.05) is 18.9 Å². The first kappa shape index (κ1) is 20.3. The number of halogens is 1. The number of carbonyl (C=O) groups excluding carboxylic acids is 1. The molecule has 5 nitrogen and oxygen atoms in total. The van der Waals surface area contributed by atoms with Crippen LogP contribution in [0.3, 0.4) is 0 Å². The fourth-order valence-electron chi connectivity index (χ4n) is 2.74. The summed E-state index contributed by atoms with van der Waals surface area (Å²) in [6.45, 7) is 4.09. The van der Waals surface area contributed by atoms with E-state index in [2.05, 4.69) is 5.32 Å². The molecule has 28 heavy (non-hydrogen) atoms. The van der Waals surface area contributed by atoms with Gasteiger partial charge < -0.3 is 14.5 Å². The van der Waals surface area contributed by atoms with Crippen LogP contribution >= 0.6 is 23.4 Å². The molecule has 1 amide bonds. The Morgan fingerprint density at radius 1 is 1.18 bits per heavy atom. The lowest BCUT2D eigenvalue weighted by molar-refractivity contribution is -0.122. The normalized spacial score (nSPS) is 10.8. The third-order valence-electron chi connectivity index (χ3n) is 4.18. The maximum Gasteiger partial charge on any atom is 0.336 e. The number of thioether (sulfide) groups is 1. The second kappa shape index (κ2) is 9.17. The van der Waals surface area contributed by atoms with Gasteiger partial charge in [0.15, 0.2) is 6.61 Å². The number of nitrogens with one attached hydrogen (secondary N) is 1. The predicted molar refractivity (Wildman–Crippen MR) is 113 cm³/mol. The first-order chi connectivity index (χ1) is 13.4. The zero-order valence-corrected chi connectivity index (χ0v) is 17.2. The van der Waals surface area contributed by atoms with Gasteiger partial charge in [-0.05, 0) is 55.8 Å². The van der Waals surface area contributed by atoms with Crippen LogP contribution in [-0.4, -0.2) is 24.8 Å². The lowest BCUT2D eigenvalue weighted by Gasteiger charge is -2.11. The van der Waals surface area contributed by atoms with Crippen LogP contribution < -0.4 is 15.7 Å².